The van der Waals surface area contributed by atoms with E-state index in [0.717, 1.165) is 25.2 Å². The first-order valence-electron chi connectivity index (χ1n) is 6.66. The maximum absolute atomic E-state index is 12.4. The minimum absolute atomic E-state index is 0.215. The Morgan fingerprint density at radius 3 is 2.90 bits per heavy atom. The molecule has 0 bridgehead atoms. The summed E-state index contributed by atoms with van der Waals surface area (Å²) >= 11 is 0. The summed E-state index contributed by atoms with van der Waals surface area (Å²) in [6.45, 7) is 2.53. The van der Waals surface area contributed by atoms with Gasteiger partial charge in [0.2, 0.25) is 0 Å². The highest BCUT2D eigenvalue weighted by molar-refractivity contribution is 5.40. The third-order valence-electron chi connectivity index (χ3n) is 3.33. The number of benzene rings is 1. The maximum atomic E-state index is 12.4. The smallest absolute Gasteiger partial charge is 0.387 e. The zero-order valence-corrected chi connectivity index (χ0v) is 11.7. The van der Waals surface area contributed by atoms with Crippen molar-refractivity contribution in [2.75, 3.05) is 26.7 Å². The first-order chi connectivity index (χ1) is 9.58. The normalized spacial score (nSPS) is 20.1. The topological polar surface area (TPSA) is 33.7 Å². The second-order valence-corrected chi connectivity index (χ2v) is 4.94. The van der Waals surface area contributed by atoms with Gasteiger partial charge in [-0.2, -0.15) is 8.78 Å². The molecule has 1 aromatic rings. The van der Waals surface area contributed by atoms with Crippen LogP contribution < -0.4 is 14.8 Å². The first-order valence-corrected chi connectivity index (χ1v) is 6.66. The maximum Gasteiger partial charge on any atom is 0.387 e. The van der Waals surface area contributed by atoms with Crippen molar-refractivity contribution in [1.82, 2.24) is 10.2 Å². The molecule has 0 unspecified atom stereocenters. The lowest BCUT2D eigenvalue weighted by atomic mass is 10.1. The third kappa shape index (κ3) is 4.05. The van der Waals surface area contributed by atoms with Crippen molar-refractivity contribution in [3.63, 3.8) is 0 Å². The Labute approximate surface area is 117 Å². The number of methoxy groups -OCH3 is 1. The van der Waals surface area contributed by atoms with E-state index in [-0.39, 0.29) is 5.75 Å². The second-order valence-electron chi connectivity index (χ2n) is 4.94. The molecular formula is C14H20F2N2O2. The number of rotatable bonds is 5. The summed E-state index contributed by atoms with van der Waals surface area (Å²) < 4.78 is 34.6. The number of ether oxygens (including phenoxy) is 2. The lowest BCUT2D eigenvalue weighted by Crippen LogP contribution is -2.48. The summed E-state index contributed by atoms with van der Waals surface area (Å²) in [6.07, 6.45) is 0. The molecule has 0 saturated carbocycles. The Kier molecular flexibility index (Phi) is 5.14. The van der Waals surface area contributed by atoms with Crippen molar-refractivity contribution in [2.24, 2.45) is 0 Å². The molecule has 112 valence electrons. The van der Waals surface area contributed by atoms with Gasteiger partial charge in [-0.1, -0.05) is 0 Å². The van der Waals surface area contributed by atoms with Gasteiger partial charge in [0.15, 0.2) is 0 Å². The van der Waals surface area contributed by atoms with E-state index in [1.807, 2.05) is 0 Å². The summed E-state index contributed by atoms with van der Waals surface area (Å²) in [7, 11) is 1.56. The van der Waals surface area contributed by atoms with E-state index in [2.05, 4.69) is 21.9 Å². The standard InChI is InChI=1S/C14H20F2N2O2/c1-10-8-18(6-5-17-10)9-11-7-12(19-2)3-4-13(11)20-14(15)16/h3-4,7,10,14,17H,5-6,8-9H2,1-2H3/t10-/m0/s1. The predicted octanol–water partition coefficient (Wildman–Crippen LogP) is 2.09. The van der Waals surface area contributed by atoms with Crippen LogP contribution in [0.5, 0.6) is 11.5 Å². The SMILES string of the molecule is COc1ccc(OC(F)F)c(CN2CCN[C@@H](C)C2)c1. The molecule has 0 aromatic heterocycles. The van der Waals surface area contributed by atoms with Gasteiger partial charge in [-0.15, -0.1) is 0 Å². The number of hydrogen-bond donors (Lipinski definition) is 1. The van der Waals surface area contributed by atoms with Crippen LogP contribution in [0.25, 0.3) is 0 Å². The van der Waals surface area contributed by atoms with Crippen LogP contribution in [-0.2, 0) is 6.54 Å². The third-order valence-corrected chi connectivity index (χ3v) is 3.33. The number of halogens is 2. The molecule has 0 amide bonds. The zero-order valence-electron chi connectivity index (χ0n) is 11.7. The zero-order chi connectivity index (χ0) is 14.5. The summed E-state index contributed by atoms with van der Waals surface area (Å²) in [5.41, 5.74) is 0.721. The highest BCUT2D eigenvalue weighted by atomic mass is 19.3. The van der Waals surface area contributed by atoms with Gasteiger partial charge in [-0.05, 0) is 25.1 Å². The molecular weight excluding hydrogens is 266 g/mol. The lowest BCUT2D eigenvalue weighted by molar-refractivity contribution is -0.0508. The summed E-state index contributed by atoms with van der Waals surface area (Å²) in [4.78, 5) is 2.22. The van der Waals surface area contributed by atoms with Gasteiger partial charge in [-0.3, -0.25) is 4.90 Å². The van der Waals surface area contributed by atoms with Crippen molar-refractivity contribution >= 4 is 0 Å². The molecule has 1 N–H and O–H groups in total. The molecule has 1 saturated heterocycles. The quantitative estimate of drug-likeness (QED) is 0.898. The fourth-order valence-corrected chi connectivity index (χ4v) is 2.41. The van der Waals surface area contributed by atoms with Crippen molar-refractivity contribution in [3.8, 4) is 11.5 Å². The van der Waals surface area contributed by atoms with E-state index in [9.17, 15) is 8.78 Å². The van der Waals surface area contributed by atoms with E-state index < -0.39 is 6.61 Å². The highest BCUT2D eigenvalue weighted by Crippen LogP contribution is 2.27. The molecule has 0 spiro atoms. The fraction of sp³-hybridized carbons (Fsp3) is 0.571. The van der Waals surface area contributed by atoms with Crippen LogP contribution in [0, 0.1) is 0 Å². The molecule has 1 aromatic carbocycles. The van der Waals surface area contributed by atoms with E-state index >= 15 is 0 Å². The fourth-order valence-electron chi connectivity index (χ4n) is 2.41. The molecule has 2 rings (SSSR count). The minimum Gasteiger partial charge on any atom is -0.497 e. The van der Waals surface area contributed by atoms with E-state index in [4.69, 9.17) is 4.74 Å². The van der Waals surface area contributed by atoms with Crippen molar-refractivity contribution in [3.05, 3.63) is 23.8 Å². The second kappa shape index (κ2) is 6.85. The van der Waals surface area contributed by atoms with Gasteiger partial charge in [0.05, 0.1) is 7.11 Å². The lowest BCUT2D eigenvalue weighted by Gasteiger charge is -2.32. The minimum atomic E-state index is -2.82. The van der Waals surface area contributed by atoms with Gasteiger partial charge >= 0.3 is 6.61 Å². The largest absolute Gasteiger partial charge is 0.497 e. The van der Waals surface area contributed by atoms with E-state index in [1.165, 1.54) is 6.07 Å². The summed E-state index contributed by atoms with van der Waals surface area (Å²) in [5, 5.41) is 3.35. The van der Waals surface area contributed by atoms with Gasteiger partial charge in [0.25, 0.3) is 0 Å². The Morgan fingerprint density at radius 1 is 1.45 bits per heavy atom. The van der Waals surface area contributed by atoms with Crippen molar-refractivity contribution in [2.45, 2.75) is 26.1 Å². The molecule has 6 heteroatoms. The van der Waals surface area contributed by atoms with Gasteiger partial charge in [0.1, 0.15) is 11.5 Å². The Hall–Kier alpha value is -1.40. The molecule has 20 heavy (non-hydrogen) atoms. The monoisotopic (exact) mass is 286 g/mol. The van der Waals surface area contributed by atoms with Crippen LogP contribution in [0.4, 0.5) is 8.78 Å². The van der Waals surface area contributed by atoms with E-state index in [1.54, 1.807) is 19.2 Å². The number of nitrogens with zero attached hydrogens (tertiary/aromatic N) is 1. The molecule has 1 atom stereocenters. The number of nitrogens with one attached hydrogen (secondary N) is 1. The van der Waals surface area contributed by atoms with Gasteiger partial charge in [0, 0.05) is 37.8 Å². The van der Waals surface area contributed by atoms with Crippen LogP contribution in [0.1, 0.15) is 12.5 Å². The number of piperazine rings is 1. The molecule has 0 radical (unpaired) electrons. The number of alkyl halides is 2. The average molecular weight is 286 g/mol. The molecule has 4 nitrogen and oxygen atoms in total. The number of hydrogen-bond acceptors (Lipinski definition) is 4. The van der Waals surface area contributed by atoms with Crippen LogP contribution in [-0.4, -0.2) is 44.3 Å². The van der Waals surface area contributed by atoms with Crippen molar-refractivity contribution < 1.29 is 18.3 Å². The molecule has 0 aliphatic carbocycles. The van der Waals surface area contributed by atoms with Crippen LogP contribution in [0.15, 0.2) is 18.2 Å². The molecule has 1 fully saturated rings. The molecule has 1 aliphatic heterocycles. The van der Waals surface area contributed by atoms with Gasteiger partial charge < -0.3 is 14.8 Å². The van der Waals surface area contributed by atoms with Crippen LogP contribution in [0.3, 0.4) is 0 Å². The molecule has 1 aliphatic rings. The summed E-state index contributed by atoms with van der Waals surface area (Å²) in [5.74, 6) is 0.858. The first kappa shape index (κ1) is 15.0. The Morgan fingerprint density at radius 2 is 2.25 bits per heavy atom. The average Bonchev–Trinajstić information content (AvgIpc) is 2.40. The van der Waals surface area contributed by atoms with Gasteiger partial charge in [-0.25, -0.2) is 0 Å². The Bertz CT molecular complexity index is 443. The Balaban J connectivity index is 2.14. The highest BCUT2D eigenvalue weighted by Gasteiger charge is 2.18. The predicted molar refractivity (Wildman–Crippen MR) is 72.4 cm³/mol. The molecule has 1 heterocycles. The van der Waals surface area contributed by atoms with E-state index in [0.29, 0.717) is 18.3 Å². The van der Waals surface area contributed by atoms with Crippen LogP contribution >= 0.6 is 0 Å². The summed E-state index contributed by atoms with van der Waals surface area (Å²) in [6, 6.07) is 5.31. The van der Waals surface area contributed by atoms with Crippen molar-refractivity contribution in [1.29, 1.82) is 0 Å². The van der Waals surface area contributed by atoms with Crippen LogP contribution in [0.2, 0.25) is 0 Å².